The minimum atomic E-state index is -0.527. The van der Waals surface area contributed by atoms with Gasteiger partial charge in [0.15, 0.2) is 0 Å². The van der Waals surface area contributed by atoms with Crippen LogP contribution >= 0.6 is 11.6 Å². The van der Waals surface area contributed by atoms with E-state index < -0.39 is 5.82 Å². The van der Waals surface area contributed by atoms with E-state index in [4.69, 9.17) is 17.3 Å². The van der Waals surface area contributed by atoms with E-state index in [-0.39, 0.29) is 23.0 Å². The van der Waals surface area contributed by atoms with E-state index in [1.807, 2.05) is 0 Å². The SMILES string of the molecule is NC1CCCC1NC(=O)c1ccc(F)c(Cl)c1. The van der Waals surface area contributed by atoms with Crippen molar-refractivity contribution >= 4 is 17.5 Å². The van der Waals surface area contributed by atoms with Crippen molar-refractivity contribution in [2.24, 2.45) is 5.73 Å². The molecule has 5 heteroatoms. The van der Waals surface area contributed by atoms with Crippen molar-refractivity contribution in [1.29, 1.82) is 0 Å². The molecule has 2 rings (SSSR count). The average molecular weight is 257 g/mol. The van der Waals surface area contributed by atoms with Gasteiger partial charge in [-0.05, 0) is 37.5 Å². The van der Waals surface area contributed by atoms with E-state index in [9.17, 15) is 9.18 Å². The first-order valence-electron chi connectivity index (χ1n) is 5.59. The van der Waals surface area contributed by atoms with Gasteiger partial charge in [0.05, 0.1) is 5.02 Å². The van der Waals surface area contributed by atoms with Gasteiger partial charge in [-0.25, -0.2) is 4.39 Å². The lowest BCUT2D eigenvalue weighted by atomic mass is 10.1. The first-order valence-corrected chi connectivity index (χ1v) is 5.97. The summed E-state index contributed by atoms with van der Waals surface area (Å²) in [7, 11) is 0. The molecule has 1 fully saturated rings. The van der Waals surface area contributed by atoms with Crippen LogP contribution in [-0.2, 0) is 0 Å². The third kappa shape index (κ3) is 2.76. The minimum absolute atomic E-state index is 0.00586. The predicted molar refractivity (Wildman–Crippen MR) is 64.5 cm³/mol. The van der Waals surface area contributed by atoms with Crippen LogP contribution in [0, 0.1) is 5.82 Å². The zero-order valence-corrected chi connectivity index (χ0v) is 10.0. The molecule has 2 unspecified atom stereocenters. The zero-order chi connectivity index (χ0) is 12.4. The largest absolute Gasteiger partial charge is 0.348 e. The van der Waals surface area contributed by atoms with Gasteiger partial charge in [-0.3, -0.25) is 4.79 Å². The van der Waals surface area contributed by atoms with Crippen LogP contribution in [0.15, 0.2) is 18.2 Å². The van der Waals surface area contributed by atoms with Gasteiger partial charge in [0, 0.05) is 17.6 Å². The molecule has 17 heavy (non-hydrogen) atoms. The van der Waals surface area contributed by atoms with E-state index in [0.717, 1.165) is 19.3 Å². The maximum atomic E-state index is 12.9. The highest BCUT2D eigenvalue weighted by molar-refractivity contribution is 6.31. The minimum Gasteiger partial charge on any atom is -0.348 e. The van der Waals surface area contributed by atoms with Crippen LogP contribution in [0.25, 0.3) is 0 Å². The molecule has 1 aromatic carbocycles. The van der Waals surface area contributed by atoms with Crippen molar-refractivity contribution in [2.75, 3.05) is 0 Å². The Balaban J connectivity index is 2.06. The van der Waals surface area contributed by atoms with E-state index in [1.54, 1.807) is 0 Å². The number of carbonyl (C=O) groups is 1. The highest BCUT2D eigenvalue weighted by Crippen LogP contribution is 2.19. The predicted octanol–water partition coefficient (Wildman–Crippen LogP) is 2.09. The third-order valence-electron chi connectivity index (χ3n) is 3.07. The van der Waals surface area contributed by atoms with Crippen LogP contribution in [0.4, 0.5) is 4.39 Å². The monoisotopic (exact) mass is 256 g/mol. The number of nitrogens with two attached hydrogens (primary N) is 1. The van der Waals surface area contributed by atoms with Gasteiger partial charge in [-0.15, -0.1) is 0 Å². The van der Waals surface area contributed by atoms with Crippen molar-refractivity contribution in [3.63, 3.8) is 0 Å². The molecule has 0 saturated heterocycles. The van der Waals surface area contributed by atoms with E-state index >= 15 is 0 Å². The van der Waals surface area contributed by atoms with Gasteiger partial charge in [0.25, 0.3) is 5.91 Å². The molecule has 0 aliphatic heterocycles. The molecule has 1 amide bonds. The Morgan fingerprint density at radius 1 is 1.47 bits per heavy atom. The molecule has 0 bridgehead atoms. The summed E-state index contributed by atoms with van der Waals surface area (Å²) in [5, 5.41) is 2.80. The first kappa shape index (κ1) is 12.3. The highest BCUT2D eigenvalue weighted by atomic mass is 35.5. The molecule has 1 saturated carbocycles. The molecular formula is C12H14ClFN2O. The molecule has 1 aliphatic carbocycles. The van der Waals surface area contributed by atoms with Gasteiger partial charge >= 0.3 is 0 Å². The van der Waals surface area contributed by atoms with Crippen LogP contribution in [0.5, 0.6) is 0 Å². The summed E-state index contributed by atoms with van der Waals surface area (Å²) in [5.41, 5.74) is 6.22. The fourth-order valence-corrected chi connectivity index (χ4v) is 2.24. The molecule has 0 aromatic heterocycles. The summed E-state index contributed by atoms with van der Waals surface area (Å²) in [4.78, 5) is 11.9. The molecule has 2 atom stereocenters. The Kier molecular flexibility index (Phi) is 3.64. The summed E-state index contributed by atoms with van der Waals surface area (Å²) in [6.45, 7) is 0. The number of hydrogen-bond acceptors (Lipinski definition) is 2. The second-order valence-corrected chi connectivity index (χ2v) is 4.71. The third-order valence-corrected chi connectivity index (χ3v) is 3.36. The number of carbonyl (C=O) groups excluding carboxylic acids is 1. The molecular weight excluding hydrogens is 243 g/mol. The topological polar surface area (TPSA) is 55.1 Å². The molecule has 3 nitrogen and oxygen atoms in total. The van der Waals surface area contributed by atoms with Crippen molar-refractivity contribution in [3.05, 3.63) is 34.6 Å². The molecule has 3 N–H and O–H groups in total. The van der Waals surface area contributed by atoms with Gasteiger partial charge in [-0.1, -0.05) is 11.6 Å². The highest BCUT2D eigenvalue weighted by Gasteiger charge is 2.25. The fraction of sp³-hybridized carbons (Fsp3) is 0.417. The molecule has 0 heterocycles. The lowest BCUT2D eigenvalue weighted by molar-refractivity contribution is 0.0934. The van der Waals surface area contributed by atoms with E-state index in [1.165, 1.54) is 18.2 Å². The van der Waals surface area contributed by atoms with Crippen LogP contribution in [-0.4, -0.2) is 18.0 Å². The summed E-state index contributed by atoms with van der Waals surface area (Å²) in [6.07, 6.45) is 2.84. The van der Waals surface area contributed by atoms with Gasteiger partial charge in [0.2, 0.25) is 0 Å². The Labute approximate surface area is 104 Å². The number of benzene rings is 1. The summed E-state index contributed by atoms with van der Waals surface area (Å²) in [6, 6.07) is 3.94. The van der Waals surface area contributed by atoms with Crippen molar-refractivity contribution in [2.45, 2.75) is 31.3 Å². The summed E-state index contributed by atoms with van der Waals surface area (Å²) in [5.74, 6) is -0.782. The fourth-order valence-electron chi connectivity index (χ4n) is 2.06. The molecule has 1 aliphatic rings. The summed E-state index contributed by atoms with van der Waals surface area (Å²) >= 11 is 5.62. The number of amides is 1. The van der Waals surface area contributed by atoms with Crippen LogP contribution < -0.4 is 11.1 Å². The van der Waals surface area contributed by atoms with Crippen LogP contribution in [0.2, 0.25) is 5.02 Å². The Morgan fingerprint density at radius 2 is 2.24 bits per heavy atom. The second kappa shape index (κ2) is 5.02. The van der Waals surface area contributed by atoms with Gasteiger partial charge < -0.3 is 11.1 Å². The lowest BCUT2D eigenvalue weighted by Crippen LogP contribution is -2.43. The zero-order valence-electron chi connectivity index (χ0n) is 9.25. The normalized spacial score (nSPS) is 23.7. The molecule has 1 aromatic rings. The van der Waals surface area contributed by atoms with E-state index in [0.29, 0.717) is 5.56 Å². The Hall–Kier alpha value is -1.13. The molecule has 92 valence electrons. The smallest absolute Gasteiger partial charge is 0.251 e. The van der Waals surface area contributed by atoms with Crippen molar-refractivity contribution < 1.29 is 9.18 Å². The molecule has 0 spiro atoms. The Morgan fingerprint density at radius 3 is 2.82 bits per heavy atom. The number of nitrogens with one attached hydrogen (secondary N) is 1. The second-order valence-electron chi connectivity index (χ2n) is 4.30. The number of hydrogen-bond donors (Lipinski definition) is 2. The maximum absolute atomic E-state index is 12.9. The van der Waals surface area contributed by atoms with E-state index in [2.05, 4.69) is 5.32 Å². The van der Waals surface area contributed by atoms with Gasteiger partial charge in [0.1, 0.15) is 5.82 Å². The maximum Gasteiger partial charge on any atom is 0.251 e. The summed E-state index contributed by atoms with van der Waals surface area (Å²) < 4.78 is 12.9. The number of rotatable bonds is 2. The standard InChI is InChI=1S/C12H14ClFN2O/c13-8-6-7(4-5-9(8)14)12(17)16-11-3-1-2-10(11)15/h4-6,10-11H,1-3,15H2,(H,16,17). The molecule has 0 radical (unpaired) electrons. The van der Waals surface area contributed by atoms with Crippen LogP contribution in [0.1, 0.15) is 29.6 Å². The Bertz CT molecular complexity index is 439. The lowest BCUT2D eigenvalue weighted by Gasteiger charge is -2.17. The number of halogens is 2. The first-order chi connectivity index (χ1) is 8.08. The quantitative estimate of drug-likeness (QED) is 0.851. The van der Waals surface area contributed by atoms with Crippen molar-refractivity contribution in [3.8, 4) is 0 Å². The van der Waals surface area contributed by atoms with Gasteiger partial charge in [-0.2, -0.15) is 0 Å². The average Bonchev–Trinajstić information content (AvgIpc) is 2.68. The van der Waals surface area contributed by atoms with Crippen LogP contribution in [0.3, 0.4) is 0 Å². The van der Waals surface area contributed by atoms with Crippen molar-refractivity contribution in [1.82, 2.24) is 5.32 Å².